The molecule has 0 fully saturated rings. The summed E-state index contributed by atoms with van der Waals surface area (Å²) in [4.78, 5) is 24.1. The second-order valence-electron chi connectivity index (χ2n) is 5.33. The third-order valence-corrected chi connectivity index (χ3v) is 3.96. The SMILES string of the molecule is Cc1ccc(NC(=O)C[C@H]2Nc3ccccc3OC2=O)cc1Cl. The summed E-state index contributed by atoms with van der Waals surface area (Å²) < 4.78 is 5.23. The minimum absolute atomic E-state index is 0.0291. The van der Waals surface area contributed by atoms with Gasteiger partial charge in [-0.25, -0.2) is 4.79 Å². The van der Waals surface area contributed by atoms with Crippen LogP contribution in [0.1, 0.15) is 12.0 Å². The van der Waals surface area contributed by atoms with E-state index in [4.69, 9.17) is 16.3 Å². The molecule has 0 radical (unpaired) electrons. The van der Waals surface area contributed by atoms with Gasteiger partial charge in [-0.3, -0.25) is 4.79 Å². The largest absolute Gasteiger partial charge is 0.423 e. The number of rotatable bonds is 3. The van der Waals surface area contributed by atoms with Crippen LogP contribution in [0, 0.1) is 6.92 Å². The number of esters is 1. The van der Waals surface area contributed by atoms with Crippen LogP contribution in [0.3, 0.4) is 0 Å². The molecule has 23 heavy (non-hydrogen) atoms. The minimum Gasteiger partial charge on any atom is -0.423 e. The van der Waals surface area contributed by atoms with Crippen molar-refractivity contribution in [3.8, 4) is 5.75 Å². The van der Waals surface area contributed by atoms with Crippen molar-refractivity contribution in [1.82, 2.24) is 0 Å². The number of halogens is 1. The lowest BCUT2D eigenvalue weighted by Gasteiger charge is -2.25. The lowest BCUT2D eigenvalue weighted by atomic mass is 10.1. The van der Waals surface area contributed by atoms with Gasteiger partial charge < -0.3 is 15.4 Å². The van der Waals surface area contributed by atoms with E-state index < -0.39 is 12.0 Å². The number of benzene rings is 2. The highest BCUT2D eigenvalue weighted by Gasteiger charge is 2.29. The van der Waals surface area contributed by atoms with Crippen molar-refractivity contribution < 1.29 is 14.3 Å². The van der Waals surface area contributed by atoms with Gasteiger partial charge in [0.2, 0.25) is 5.91 Å². The van der Waals surface area contributed by atoms with E-state index in [9.17, 15) is 9.59 Å². The average Bonchev–Trinajstić information content (AvgIpc) is 2.51. The fourth-order valence-electron chi connectivity index (χ4n) is 2.30. The average molecular weight is 331 g/mol. The summed E-state index contributed by atoms with van der Waals surface area (Å²) in [6.45, 7) is 1.88. The molecule has 0 aliphatic carbocycles. The van der Waals surface area contributed by atoms with Crippen LogP contribution in [0.2, 0.25) is 5.02 Å². The molecule has 2 aromatic carbocycles. The molecule has 1 aliphatic rings. The summed E-state index contributed by atoms with van der Waals surface area (Å²) in [5.41, 5.74) is 2.22. The molecule has 0 unspecified atom stereocenters. The third kappa shape index (κ3) is 3.46. The van der Waals surface area contributed by atoms with Gasteiger partial charge in [0.1, 0.15) is 6.04 Å². The Hall–Kier alpha value is -2.53. The first kappa shape index (κ1) is 15.4. The van der Waals surface area contributed by atoms with Crippen molar-refractivity contribution in [3.05, 3.63) is 53.1 Å². The first-order valence-corrected chi connectivity index (χ1v) is 7.54. The van der Waals surface area contributed by atoms with Gasteiger partial charge in [0.05, 0.1) is 12.1 Å². The number of aryl methyl sites for hydroxylation is 1. The number of hydrogen-bond acceptors (Lipinski definition) is 4. The van der Waals surface area contributed by atoms with E-state index in [-0.39, 0.29) is 12.3 Å². The Kier molecular flexibility index (Phi) is 4.21. The van der Waals surface area contributed by atoms with Crippen LogP contribution in [0.5, 0.6) is 5.75 Å². The number of carbonyl (C=O) groups excluding carboxylic acids is 2. The monoisotopic (exact) mass is 330 g/mol. The van der Waals surface area contributed by atoms with Gasteiger partial charge in [-0.2, -0.15) is 0 Å². The molecule has 1 amide bonds. The van der Waals surface area contributed by atoms with E-state index in [2.05, 4.69) is 10.6 Å². The topological polar surface area (TPSA) is 67.4 Å². The first-order valence-electron chi connectivity index (χ1n) is 7.16. The van der Waals surface area contributed by atoms with Gasteiger partial charge in [0.25, 0.3) is 0 Å². The molecule has 0 saturated heterocycles. The minimum atomic E-state index is -0.717. The van der Waals surface area contributed by atoms with E-state index in [1.165, 1.54) is 0 Å². The Morgan fingerprint density at radius 2 is 2.09 bits per heavy atom. The highest BCUT2D eigenvalue weighted by atomic mass is 35.5. The second kappa shape index (κ2) is 6.30. The maximum atomic E-state index is 12.1. The maximum absolute atomic E-state index is 12.1. The van der Waals surface area contributed by atoms with Crippen molar-refractivity contribution in [2.24, 2.45) is 0 Å². The van der Waals surface area contributed by atoms with Gasteiger partial charge >= 0.3 is 5.97 Å². The maximum Gasteiger partial charge on any atom is 0.334 e. The molecule has 0 saturated carbocycles. The number of anilines is 2. The van der Waals surface area contributed by atoms with Crippen molar-refractivity contribution in [2.75, 3.05) is 10.6 Å². The van der Waals surface area contributed by atoms with Crippen molar-refractivity contribution >= 4 is 34.9 Å². The van der Waals surface area contributed by atoms with E-state index >= 15 is 0 Å². The zero-order valence-corrected chi connectivity index (χ0v) is 13.2. The van der Waals surface area contributed by atoms with Crippen LogP contribution in [-0.4, -0.2) is 17.9 Å². The molecule has 6 heteroatoms. The van der Waals surface area contributed by atoms with E-state index in [0.29, 0.717) is 22.1 Å². The van der Waals surface area contributed by atoms with Crippen LogP contribution in [0.15, 0.2) is 42.5 Å². The molecule has 2 aromatic rings. The summed E-state index contributed by atoms with van der Waals surface area (Å²) in [5.74, 6) is -0.293. The Balaban J connectivity index is 1.66. The van der Waals surface area contributed by atoms with Crippen LogP contribution >= 0.6 is 11.6 Å². The Labute approximate surface area is 138 Å². The van der Waals surface area contributed by atoms with Crippen LogP contribution in [-0.2, 0) is 9.59 Å². The zero-order valence-electron chi connectivity index (χ0n) is 12.4. The molecule has 1 atom stereocenters. The number of hydrogen-bond donors (Lipinski definition) is 2. The quantitative estimate of drug-likeness (QED) is 0.669. The molecule has 3 rings (SSSR count). The van der Waals surface area contributed by atoms with Crippen LogP contribution < -0.4 is 15.4 Å². The summed E-state index contributed by atoms with van der Waals surface area (Å²) in [6, 6.07) is 11.7. The number of ether oxygens (including phenoxy) is 1. The number of fused-ring (bicyclic) bond motifs is 1. The highest BCUT2D eigenvalue weighted by molar-refractivity contribution is 6.31. The van der Waals surface area contributed by atoms with Gasteiger partial charge in [-0.05, 0) is 36.8 Å². The summed E-state index contributed by atoms with van der Waals surface area (Å²) in [5, 5.41) is 6.33. The molecule has 2 N–H and O–H groups in total. The van der Waals surface area contributed by atoms with Crippen molar-refractivity contribution in [2.45, 2.75) is 19.4 Å². The van der Waals surface area contributed by atoms with E-state index in [0.717, 1.165) is 5.56 Å². The summed E-state index contributed by atoms with van der Waals surface area (Å²) >= 11 is 6.03. The molecule has 0 bridgehead atoms. The third-order valence-electron chi connectivity index (χ3n) is 3.56. The summed E-state index contributed by atoms with van der Waals surface area (Å²) in [7, 11) is 0. The van der Waals surface area contributed by atoms with Crippen LogP contribution in [0.25, 0.3) is 0 Å². The Bertz CT molecular complexity index is 776. The predicted octanol–water partition coefficient (Wildman–Crippen LogP) is 3.38. The molecule has 0 spiro atoms. The van der Waals surface area contributed by atoms with E-state index in [1.54, 1.807) is 30.3 Å². The van der Waals surface area contributed by atoms with Crippen molar-refractivity contribution in [3.63, 3.8) is 0 Å². The zero-order chi connectivity index (χ0) is 16.4. The molecule has 5 nitrogen and oxygen atoms in total. The molecular formula is C17H15ClN2O3. The number of para-hydroxylation sites is 2. The molecular weight excluding hydrogens is 316 g/mol. The smallest absolute Gasteiger partial charge is 0.334 e. The van der Waals surface area contributed by atoms with Gasteiger partial charge in [0.15, 0.2) is 5.75 Å². The highest BCUT2D eigenvalue weighted by Crippen LogP contribution is 2.29. The number of carbonyl (C=O) groups is 2. The van der Waals surface area contributed by atoms with Crippen molar-refractivity contribution in [1.29, 1.82) is 0 Å². The second-order valence-corrected chi connectivity index (χ2v) is 5.74. The molecule has 118 valence electrons. The Morgan fingerprint density at radius 1 is 1.30 bits per heavy atom. The Morgan fingerprint density at radius 3 is 2.87 bits per heavy atom. The van der Waals surface area contributed by atoms with Gasteiger partial charge in [0, 0.05) is 10.7 Å². The fourth-order valence-corrected chi connectivity index (χ4v) is 2.48. The molecule has 1 aliphatic heterocycles. The van der Waals surface area contributed by atoms with E-state index in [1.807, 2.05) is 19.1 Å². The van der Waals surface area contributed by atoms with Gasteiger partial charge in [-0.1, -0.05) is 29.8 Å². The fraction of sp³-hybridized carbons (Fsp3) is 0.176. The predicted molar refractivity (Wildman–Crippen MR) is 88.9 cm³/mol. The number of nitrogens with one attached hydrogen (secondary N) is 2. The normalized spacial score (nSPS) is 16.1. The number of amides is 1. The van der Waals surface area contributed by atoms with Crippen LogP contribution in [0.4, 0.5) is 11.4 Å². The lowest BCUT2D eigenvalue weighted by Crippen LogP contribution is -2.39. The first-order chi connectivity index (χ1) is 11.0. The molecule has 1 heterocycles. The van der Waals surface area contributed by atoms with Gasteiger partial charge in [-0.15, -0.1) is 0 Å². The molecule has 0 aromatic heterocycles. The lowest BCUT2D eigenvalue weighted by molar-refractivity contribution is -0.137. The standard InChI is InChI=1S/C17H15ClN2O3/c1-10-6-7-11(8-12(10)18)19-16(21)9-14-17(22)23-15-5-3-2-4-13(15)20-14/h2-8,14,20H,9H2,1H3,(H,19,21)/t14-/m1/s1. The summed E-state index contributed by atoms with van der Waals surface area (Å²) in [6.07, 6.45) is -0.0291.